The van der Waals surface area contributed by atoms with Gasteiger partial charge in [-0.25, -0.2) is 23.0 Å². The van der Waals surface area contributed by atoms with Gasteiger partial charge in [0.15, 0.2) is 0 Å². The summed E-state index contributed by atoms with van der Waals surface area (Å²) in [5.74, 6) is -3.49. The number of benzene rings is 1. The van der Waals surface area contributed by atoms with Crippen LogP contribution >= 0.6 is 0 Å². The molecule has 3 N–H and O–H groups in total. The maximum atomic E-state index is 12.7. The van der Waals surface area contributed by atoms with Crippen molar-refractivity contribution in [2.75, 3.05) is 22.7 Å². The van der Waals surface area contributed by atoms with Crippen LogP contribution in [0.2, 0.25) is 0 Å². The number of halogens is 3. The number of sulfonamides is 1. The third-order valence-electron chi connectivity index (χ3n) is 5.00. The van der Waals surface area contributed by atoms with E-state index in [1.807, 2.05) is 24.8 Å². The Bertz CT molecular complexity index is 1160. The predicted octanol–water partition coefficient (Wildman–Crippen LogP) is 4.21. The molecule has 0 aliphatic carbocycles. The summed E-state index contributed by atoms with van der Waals surface area (Å²) in [5.41, 5.74) is 1.81. The molecule has 0 spiro atoms. The Morgan fingerprint density at radius 2 is 1.49 bits per heavy atom. The first-order valence-electron chi connectivity index (χ1n) is 10.6. The number of carboxylic acids is 2. The van der Waals surface area contributed by atoms with Crippen LogP contribution in [-0.4, -0.2) is 54.8 Å². The Morgan fingerprint density at radius 1 is 0.971 bits per heavy atom. The SMILES string of the molecule is Cc1cc(C)cc(S(=O)(=O)Nc2cnc(N3CCCCCC3)c(C(=O)O)c2)c1.O=C(O)C(F)(F)F. The van der Waals surface area contributed by atoms with Crippen molar-refractivity contribution < 1.29 is 41.4 Å². The zero-order valence-corrected chi connectivity index (χ0v) is 19.9. The molecule has 3 rings (SSSR count). The normalized spacial score (nSPS) is 14.4. The molecular weight excluding hydrogens is 491 g/mol. The Balaban J connectivity index is 0.000000540. The van der Waals surface area contributed by atoms with Crippen LogP contribution in [0.5, 0.6) is 0 Å². The summed E-state index contributed by atoms with van der Waals surface area (Å²) in [4.78, 5) is 27.1. The van der Waals surface area contributed by atoms with Gasteiger partial charge in [0.05, 0.1) is 16.8 Å². The standard InChI is InChI=1S/C20H25N3O4S.C2HF3O2/c1-14-9-15(2)11-17(10-14)28(26,27)22-16-12-18(20(24)25)19(21-13-16)23-7-5-3-4-6-8-23;3-2(4,5)1(6)7/h9-13,22H,3-8H2,1-2H3,(H,24,25);(H,6,7). The summed E-state index contributed by atoms with van der Waals surface area (Å²) >= 11 is 0. The number of aliphatic carboxylic acids is 1. The molecule has 1 aliphatic heterocycles. The quantitative estimate of drug-likeness (QED) is 0.537. The van der Waals surface area contributed by atoms with Crippen molar-refractivity contribution in [1.82, 2.24) is 4.98 Å². The van der Waals surface area contributed by atoms with E-state index in [1.165, 1.54) is 12.3 Å². The zero-order valence-electron chi connectivity index (χ0n) is 19.1. The fourth-order valence-electron chi connectivity index (χ4n) is 3.51. The van der Waals surface area contributed by atoms with Crippen LogP contribution in [0, 0.1) is 13.8 Å². The summed E-state index contributed by atoms with van der Waals surface area (Å²) < 4.78 is 59.6. The van der Waals surface area contributed by atoms with Crippen molar-refractivity contribution in [1.29, 1.82) is 0 Å². The smallest absolute Gasteiger partial charge is 0.478 e. The summed E-state index contributed by atoms with van der Waals surface area (Å²) in [5, 5.41) is 16.8. The van der Waals surface area contributed by atoms with E-state index in [9.17, 15) is 31.5 Å². The highest BCUT2D eigenvalue weighted by Gasteiger charge is 2.38. The highest BCUT2D eigenvalue weighted by Crippen LogP contribution is 2.26. The summed E-state index contributed by atoms with van der Waals surface area (Å²) in [6.07, 6.45) is 0.510. The number of nitrogens with zero attached hydrogens (tertiary/aromatic N) is 2. The number of hydrogen-bond acceptors (Lipinski definition) is 6. The number of alkyl halides is 3. The number of aryl methyl sites for hydroxylation is 2. The molecule has 13 heteroatoms. The molecule has 35 heavy (non-hydrogen) atoms. The van der Waals surface area contributed by atoms with Gasteiger partial charge in [0.25, 0.3) is 10.0 Å². The monoisotopic (exact) mass is 517 g/mol. The molecule has 0 unspecified atom stereocenters. The zero-order chi connectivity index (χ0) is 26.4. The lowest BCUT2D eigenvalue weighted by Crippen LogP contribution is -2.27. The second kappa shape index (κ2) is 11.4. The molecule has 1 aromatic carbocycles. The molecule has 0 amide bonds. The van der Waals surface area contributed by atoms with Gasteiger partial charge in [0.1, 0.15) is 11.4 Å². The number of aromatic nitrogens is 1. The van der Waals surface area contributed by atoms with E-state index in [1.54, 1.807) is 12.1 Å². The van der Waals surface area contributed by atoms with E-state index in [2.05, 4.69) is 9.71 Å². The highest BCUT2D eigenvalue weighted by molar-refractivity contribution is 7.92. The number of pyridine rings is 1. The Labute approximate surface area is 200 Å². The minimum atomic E-state index is -5.08. The van der Waals surface area contributed by atoms with Crippen molar-refractivity contribution in [3.8, 4) is 0 Å². The van der Waals surface area contributed by atoms with Crippen molar-refractivity contribution in [2.24, 2.45) is 0 Å². The number of anilines is 2. The summed E-state index contributed by atoms with van der Waals surface area (Å²) in [7, 11) is -3.84. The van der Waals surface area contributed by atoms with Crippen LogP contribution in [0.3, 0.4) is 0 Å². The lowest BCUT2D eigenvalue weighted by atomic mass is 10.2. The first kappa shape index (κ1) is 27.9. The number of nitrogens with one attached hydrogen (secondary N) is 1. The van der Waals surface area contributed by atoms with E-state index < -0.39 is 28.1 Å². The minimum Gasteiger partial charge on any atom is -0.478 e. The first-order valence-corrected chi connectivity index (χ1v) is 12.1. The molecule has 0 bridgehead atoms. The van der Waals surface area contributed by atoms with Gasteiger partial charge in [0.2, 0.25) is 0 Å². The Hall–Kier alpha value is -3.35. The fraction of sp³-hybridized carbons (Fsp3) is 0.409. The van der Waals surface area contributed by atoms with Crippen LogP contribution < -0.4 is 9.62 Å². The van der Waals surface area contributed by atoms with Crippen LogP contribution in [0.15, 0.2) is 35.4 Å². The molecule has 1 aromatic heterocycles. The van der Waals surface area contributed by atoms with Crippen LogP contribution in [-0.2, 0) is 14.8 Å². The van der Waals surface area contributed by atoms with Gasteiger partial charge in [-0.1, -0.05) is 18.9 Å². The van der Waals surface area contributed by atoms with E-state index in [-0.39, 0.29) is 16.1 Å². The highest BCUT2D eigenvalue weighted by atomic mass is 32.2. The molecule has 2 heterocycles. The number of hydrogen-bond donors (Lipinski definition) is 3. The molecule has 1 saturated heterocycles. The van der Waals surface area contributed by atoms with E-state index in [4.69, 9.17) is 9.90 Å². The number of rotatable bonds is 5. The molecule has 1 fully saturated rings. The third-order valence-corrected chi connectivity index (χ3v) is 6.36. The van der Waals surface area contributed by atoms with Crippen LogP contribution in [0.4, 0.5) is 24.7 Å². The lowest BCUT2D eigenvalue weighted by Gasteiger charge is -2.23. The summed E-state index contributed by atoms with van der Waals surface area (Å²) in [6, 6.07) is 6.38. The topological polar surface area (TPSA) is 137 Å². The van der Waals surface area contributed by atoms with Gasteiger partial charge >= 0.3 is 18.1 Å². The second-order valence-corrected chi connectivity index (χ2v) is 9.72. The molecule has 2 aromatic rings. The summed E-state index contributed by atoms with van der Waals surface area (Å²) in [6.45, 7) is 5.15. The molecule has 0 radical (unpaired) electrons. The van der Waals surface area contributed by atoms with E-state index in [0.29, 0.717) is 5.82 Å². The maximum Gasteiger partial charge on any atom is 0.490 e. The third kappa shape index (κ3) is 8.12. The number of carbonyl (C=O) groups is 2. The van der Waals surface area contributed by atoms with Crippen molar-refractivity contribution >= 4 is 33.5 Å². The van der Waals surface area contributed by atoms with Gasteiger partial charge in [-0.05, 0) is 56.0 Å². The number of aromatic carboxylic acids is 1. The molecule has 192 valence electrons. The van der Waals surface area contributed by atoms with Gasteiger partial charge in [-0.15, -0.1) is 0 Å². The largest absolute Gasteiger partial charge is 0.490 e. The van der Waals surface area contributed by atoms with Crippen molar-refractivity contribution in [2.45, 2.75) is 50.6 Å². The Morgan fingerprint density at radius 3 is 1.94 bits per heavy atom. The molecule has 9 nitrogen and oxygen atoms in total. The number of carboxylic acid groups (broad SMARTS) is 2. The van der Waals surface area contributed by atoms with Gasteiger partial charge in [-0.3, -0.25) is 4.72 Å². The minimum absolute atomic E-state index is 0.00234. The van der Waals surface area contributed by atoms with Crippen LogP contribution in [0.25, 0.3) is 0 Å². The van der Waals surface area contributed by atoms with Gasteiger partial charge in [-0.2, -0.15) is 13.2 Å². The Kier molecular flexibility index (Phi) is 9.07. The van der Waals surface area contributed by atoms with Crippen molar-refractivity contribution in [3.63, 3.8) is 0 Å². The maximum absolute atomic E-state index is 12.7. The predicted molar refractivity (Wildman–Crippen MR) is 122 cm³/mol. The molecule has 1 aliphatic rings. The first-order chi connectivity index (χ1) is 16.2. The molecular formula is C22H26F3N3O6S. The van der Waals surface area contributed by atoms with E-state index >= 15 is 0 Å². The average molecular weight is 518 g/mol. The second-order valence-electron chi connectivity index (χ2n) is 8.03. The fourth-order valence-corrected chi connectivity index (χ4v) is 4.73. The lowest BCUT2D eigenvalue weighted by molar-refractivity contribution is -0.192. The van der Waals surface area contributed by atoms with Gasteiger partial charge in [0, 0.05) is 13.1 Å². The van der Waals surface area contributed by atoms with Gasteiger partial charge < -0.3 is 15.1 Å². The molecule has 0 atom stereocenters. The average Bonchev–Trinajstić information content (AvgIpc) is 3.02. The van der Waals surface area contributed by atoms with Crippen LogP contribution in [0.1, 0.15) is 47.2 Å². The van der Waals surface area contributed by atoms with E-state index in [0.717, 1.165) is 49.9 Å². The van der Waals surface area contributed by atoms with Crippen molar-refractivity contribution in [3.05, 3.63) is 47.2 Å². The molecule has 0 saturated carbocycles.